The van der Waals surface area contributed by atoms with E-state index in [0.29, 0.717) is 16.1 Å². The highest BCUT2D eigenvalue weighted by molar-refractivity contribution is 6.31. The maximum absolute atomic E-state index is 11.0. The van der Waals surface area contributed by atoms with Crippen molar-refractivity contribution in [1.82, 2.24) is 20.4 Å². The van der Waals surface area contributed by atoms with Crippen molar-refractivity contribution >= 4 is 17.6 Å². The van der Waals surface area contributed by atoms with E-state index >= 15 is 0 Å². The van der Waals surface area contributed by atoms with Crippen LogP contribution in [0.15, 0.2) is 36.4 Å². The summed E-state index contributed by atoms with van der Waals surface area (Å²) < 4.78 is 5.35. The Labute approximate surface area is 152 Å². The number of hydrogen-bond donors (Lipinski definition) is 2. The minimum Gasteiger partial charge on any atom is -0.476 e. The van der Waals surface area contributed by atoms with E-state index in [1.807, 2.05) is 6.07 Å². The summed E-state index contributed by atoms with van der Waals surface area (Å²) in [4.78, 5) is 15.2. The molecule has 0 unspecified atom stereocenters. The lowest BCUT2D eigenvalue weighted by Crippen LogP contribution is -2.00. The van der Waals surface area contributed by atoms with Gasteiger partial charge in [-0.2, -0.15) is 5.26 Å². The molecule has 0 saturated heterocycles. The first-order valence-corrected chi connectivity index (χ1v) is 7.45. The molecule has 0 spiro atoms. The number of pyridine rings is 1. The summed E-state index contributed by atoms with van der Waals surface area (Å²) in [6.45, 7) is 0. The normalized spacial score (nSPS) is 9.69. The average molecular weight is 366 g/mol. The number of nitrogens with one attached hydrogen (secondary N) is 1. The molecule has 0 aliphatic carbocycles. The number of hydrogen-bond acceptors (Lipinski definition) is 6. The van der Waals surface area contributed by atoms with Crippen molar-refractivity contribution in [3.63, 3.8) is 0 Å². The predicted molar refractivity (Wildman–Crippen MR) is 89.8 cm³/mol. The van der Waals surface area contributed by atoms with Gasteiger partial charge in [0.25, 0.3) is 5.88 Å². The third-order valence-electron chi connectivity index (χ3n) is 3.06. The summed E-state index contributed by atoms with van der Waals surface area (Å²) in [6.07, 6.45) is 0. The number of nitriles is 1. The fraction of sp³-hybridized carbons (Fsp3) is 0. The molecule has 9 heteroatoms. The lowest BCUT2D eigenvalue weighted by Gasteiger charge is -2.03. The minimum absolute atomic E-state index is 0.0676. The fourth-order valence-electron chi connectivity index (χ4n) is 1.90. The van der Waals surface area contributed by atoms with Crippen LogP contribution in [0.25, 0.3) is 0 Å². The highest BCUT2D eigenvalue weighted by Crippen LogP contribution is 2.23. The van der Waals surface area contributed by atoms with Crippen molar-refractivity contribution in [1.29, 1.82) is 5.26 Å². The Morgan fingerprint density at radius 3 is 2.81 bits per heavy atom. The molecule has 2 aromatic heterocycles. The van der Waals surface area contributed by atoms with Gasteiger partial charge in [-0.05, 0) is 30.2 Å². The lowest BCUT2D eigenvalue weighted by atomic mass is 10.1. The molecule has 0 atom stereocenters. The van der Waals surface area contributed by atoms with Gasteiger partial charge in [0.1, 0.15) is 5.69 Å². The van der Waals surface area contributed by atoms with Crippen LogP contribution in [0.3, 0.4) is 0 Å². The smallest absolute Gasteiger partial charge is 0.362 e. The number of ether oxygens (including phenoxy) is 1. The second kappa shape index (κ2) is 7.34. The van der Waals surface area contributed by atoms with Crippen molar-refractivity contribution in [2.75, 3.05) is 0 Å². The zero-order chi connectivity index (χ0) is 18.5. The van der Waals surface area contributed by atoms with E-state index in [9.17, 15) is 4.79 Å². The van der Waals surface area contributed by atoms with Crippen LogP contribution < -0.4 is 4.74 Å². The molecule has 0 amide bonds. The van der Waals surface area contributed by atoms with Crippen LogP contribution in [-0.4, -0.2) is 31.5 Å². The van der Waals surface area contributed by atoms with Gasteiger partial charge in [0, 0.05) is 11.6 Å². The standard InChI is InChI=1S/C17H8ClN5O3/c18-12-5-7-14(26-16-15(17(24)25)21-23-22-16)20-13(12)6-4-10-2-1-3-11(8-10)9-19/h1-3,5,7-8H,(H,24,25)(H,21,22,23). The zero-order valence-corrected chi connectivity index (χ0v) is 13.7. The molecule has 0 radical (unpaired) electrons. The molecular formula is C17H8ClN5O3. The van der Waals surface area contributed by atoms with Crippen LogP contribution in [-0.2, 0) is 0 Å². The van der Waals surface area contributed by atoms with Crippen molar-refractivity contribution in [3.8, 4) is 29.7 Å². The SMILES string of the molecule is N#Cc1cccc(C#Cc2nc(Oc3[nH]nnc3C(=O)O)ccc2Cl)c1. The minimum atomic E-state index is -1.29. The first-order chi connectivity index (χ1) is 12.6. The number of H-pyrrole nitrogens is 1. The number of carbonyl (C=O) groups is 1. The fourth-order valence-corrected chi connectivity index (χ4v) is 2.05. The van der Waals surface area contributed by atoms with Gasteiger partial charge < -0.3 is 9.84 Å². The van der Waals surface area contributed by atoms with Crippen LogP contribution in [0.1, 0.15) is 27.3 Å². The molecule has 2 N–H and O–H groups in total. The number of nitrogens with zero attached hydrogens (tertiary/aromatic N) is 4. The number of aromatic carboxylic acids is 1. The quantitative estimate of drug-likeness (QED) is 0.683. The number of carboxylic acid groups (broad SMARTS) is 1. The maximum Gasteiger partial charge on any atom is 0.362 e. The topological polar surface area (TPSA) is 125 Å². The second-order valence-corrected chi connectivity index (χ2v) is 5.23. The van der Waals surface area contributed by atoms with E-state index in [1.54, 1.807) is 24.3 Å². The molecule has 3 aromatic rings. The van der Waals surface area contributed by atoms with Crippen molar-refractivity contribution in [2.45, 2.75) is 0 Å². The Morgan fingerprint density at radius 1 is 1.23 bits per heavy atom. The van der Waals surface area contributed by atoms with Crippen LogP contribution >= 0.6 is 11.6 Å². The molecule has 0 aliphatic heterocycles. The first-order valence-electron chi connectivity index (χ1n) is 7.08. The largest absolute Gasteiger partial charge is 0.476 e. The molecule has 0 saturated carbocycles. The van der Waals surface area contributed by atoms with Gasteiger partial charge in [-0.15, -0.1) is 5.10 Å². The summed E-state index contributed by atoms with van der Waals surface area (Å²) in [7, 11) is 0. The molecule has 3 rings (SSSR count). The van der Waals surface area contributed by atoms with Crippen LogP contribution in [0.2, 0.25) is 5.02 Å². The number of aromatic amines is 1. The zero-order valence-electron chi connectivity index (χ0n) is 12.9. The summed E-state index contributed by atoms with van der Waals surface area (Å²) in [6, 6.07) is 11.8. The number of aromatic nitrogens is 4. The van der Waals surface area contributed by atoms with Gasteiger partial charge in [0.15, 0.2) is 0 Å². The summed E-state index contributed by atoms with van der Waals surface area (Å²) >= 11 is 6.09. The monoisotopic (exact) mass is 365 g/mol. The van der Waals surface area contributed by atoms with E-state index < -0.39 is 5.97 Å². The molecule has 0 aliphatic rings. The molecule has 26 heavy (non-hydrogen) atoms. The summed E-state index contributed by atoms with van der Waals surface area (Å²) in [5, 5.41) is 27.3. The molecule has 0 fully saturated rings. The Morgan fingerprint density at radius 2 is 2.04 bits per heavy atom. The van der Waals surface area contributed by atoms with E-state index in [0.717, 1.165) is 0 Å². The molecule has 126 valence electrons. The number of rotatable bonds is 3. The van der Waals surface area contributed by atoms with Crippen molar-refractivity contribution in [2.24, 2.45) is 0 Å². The maximum atomic E-state index is 11.0. The Kier molecular flexibility index (Phi) is 4.79. The first kappa shape index (κ1) is 17.0. The van der Waals surface area contributed by atoms with Crippen molar-refractivity contribution in [3.05, 3.63) is 63.9 Å². The van der Waals surface area contributed by atoms with Crippen LogP contribution in [0, 0.1) is 23.2 Å². The Balaban J connectivity index is 1.89. The highest BCUT2D eigenvalue weighted by Gasteiger charge is 2.17. The predicted octanol–water partition coefficient (Wildman–Crippen LogP) is 2.62. The van der Waals surface area contributed by atoms with Crippen molar-refractivity contribution < 1.29 is 14.6 Å². The Hall–Kier alpha value is -3.88. The van der Waals surface area contributed by atoms with Gasteiger partial charge >= 0.3 is 5.97 Å². The summed E-state index contributed by atoms with van der Waals surface area (Å²) in [5.41, 5.74) is 0.971. The molecular weight excluding hydrogens is 358 g/mol. The lowest BCUT2D eigenvalue weighted by molar-refractivity contribution is 0.0687. The van der Waals surface area contributed by atoms with E-state index in [2.05, 4.69) is 32.2 Å². The summed E-state index contributed by atoms with van der Waals surface area (Å²) in [5.74, 6) is 4.28. The molecule has 0 bridgehead atoms. The van der Waals surface area contributed by atoms with Gasteiger partial charge in [-0.3, -0.25) is 0 Å². The van der Waals surface area contributed by atoms with E-state index in [-0.39, 0.29) is 23.1 Å². The van der Waals surface area contributed by atoms with E-state index in [4.69, 9.17) is 26.7 Å². The highest BCUT2D eigenvalue weighted by atomic mass is 35.5. The Bertz CT molecular complexity index is 1090. The van der Waals surface area contributed by atoms with Gasteiger partial charge in [-0.25, -0.2) is 14.9 Å². The van der Waals surface area contributed by atoms with Gasteiger partial charge in [0.2, 0.25) is 11.6 Å². The third-order valence-corrected chi connectivity index (χ3v) is 3.37. The van der Waals surface area contributed by atoms with Gasteiger partial charge in [0.05, 0.1) is 16.7 Å². The van der Waals surface area contributed by atoms with Gasteiger partial charge in [-0.1, -0.05) is 28.8 Å². The average Bonchev–Trinajstić information content (AvgIpc) is 3.10. The van der Waals surface area contributed by atoms with Crippen LogP contribution in [0.4, 0.5) is 0 Å². The molecule has 2 heterocycles. The number of benzene rings is 1. The molecule has 8 nitrogen and oxygen atoms in total. The second-order valence-electron chi connectivity index (χ2n) is 4.82. The van der Waals surface area contributed by atoms with E-state index in [1.165, 1.54) is 12.1 Å². The number of carboxylic acids is 1. The third kappa shape index (κ3) is 3.78. The number of halogens is 1. The van der Waals surface area contributed by atoms with Crippen LogP contribution in [0.5, 0.6) is 11.8 Å². The molecule has 1 aromatic carbocycles.